The molecule has 0 aliphatic carbocycles. The van der Waals surface area contributed by atoms with Crippen LogP contribution in [0.4, 0.5) is 0 Å². The van der Waals surface area contributed by atoms with Crippen molar-refractivity contribution in [3.8, 4) is 16.9 Å². The first kappa shape index (κ1) is 22.8. The van der Waals surface area contributed by atoms with E-state index in [9.17, 15) is 19.9 Å². The Morgan fingerprint density at radius 1 is 0.933 bits per heavy atom. The van der Waals surface area contributed by atoms with Gasteiger partial charge < -0.3 is 24.8 Å². The number of nitrogens with two attached hydrogens (primary N) is 2. The number of hydrogen-bond donors (Lipinski definition) is 5. The quantitative estimate of drug-likeness (QED) is 0.283. The third kappa shape index (κ3) is 5.05. The predicted octanol–water partition coefficient (Wildman–Crippen LogP) is 0.445. The number of aliphatic hydroxyl groups is 3. The van der Waals surface area contributed by atoms with Crippen LogP contribution in [-0.4, -0.2) is 52.6 Å². The zero-order chi connectivity index (χ0) is 21.7. The maximum absolute atomic E-state index is 12.0. The molecule has 2 aromatic rings. The number of phosphoric acid groups is 1. The molecule has 164 valence electrons. The van der Waals surface area contributed by atoms with Crippen molar-refractivity contribution in [1.29, 1.82) is 0 Å². The molecule has 5 atom stereocenters. The molecule has 3 rings (SSSR count). The SMILES string of the molecule is NOP(=O)(ON)O[C@H]1[C@H](O)[C@H](O)[C@@H](Oc2ccc(-c3ccccc3)cc2)O[C@@H]1CO. The molecule has 1 fully saturated rings. The molecular formula is C18H23N2O9P. The second-order valence-electron chi connectivity index (χ2n) is 6.44. The Balaban J connectivity index is 1.71. The summed E-state index contributed by atoms with van der Waals surface area (Å²) in [6, 6.07) is 16.7. The molecule has 0 amide bonds. The summed E-state index contributed by atoms with van der Waals surface area (Å²) in [4.78, 5) is 0. The van der Waals surface area contributed by atoms with Crippen LogP contribution in [0.3, 0.4) is 0 Å². The van der Waals surface area contributed by atoms with E-state index in [1.165, 1.54) is 0 Å². The third-order valence-corrected chi connectivity index (χ3v) is 5.56. The molecular weight excluding hydrogens is 419 g/mol. The summed E-state index contributed by atoms with van der Waals surface area (Å²) in [5.74, 6) is 9.99. The lowest BCUT2D eigenvalue weighted by Gasteiger charge is -2.41. The van der Waals surface area contributed by atoms with Gasteiger partial charge in [0, 0.05) is 0 Å². The van der Waals surface area contributed by atoms with Gasteiger partial charge in [-0.05, 0) is 23.3 Å². The van der Waals surface area contributed by atoms with Gasteiger partial charge in [-0.3, -0.25) is 4.52 Å². The lowest BCUT2D eigenvalue weighted by molar-refractivity contribution is -0.275. The molecule has 1 aliphatic heterocycles. The van der Waals surface area contributed by atoms with Crippen LogP contribution in [0.25, 0.3) is 11.1 Å². The van der Waals surface area contributed by atoms with Crippen LogP contribution < -0.4 is 16.5 Å². The molecule has 11 nitrogen and oxygen atoms in total. The summed E-state index contributed by atoms with van der Waals surface area (Å²) in [5, 5.41) is 30.3. The highest BCUT2D eigenvalue weighted by Gasteiger charge is 2.49. The van der Waals surface area contributed by atoms with Crippen molar-refractivity contribution in [3.05, 3.63) is 54.6 Å². The van der Waals surface area contributed by atoms with Crippen molar-refractivity contribution in [3.63, 3.8) is 0 Å². The zero-order valence-electron chi connectivity index (χ0n) is 15.7. The molecule has 1 aliphatic rings. The normalized spacial score (nSPS) is 27.0. The minimum Gasteiger partial charge on any atom is -0.462 e. The summed E-state index contributed by atoms with van der Waals surface area (Å²) < 4.78 is 36.1. The van der Waals surface area contributed by atoms with Gasteiger partial charge in [0.25, 0.3) is 0 Å². The van der Waals surface area contributed by atoms with Crippen molar-refractivity contribution in [2.45, 2.75) is 30.7 Å². The maximum atomic E-state index is 12.0. The van der Waals surface area contributed by atoms with Gasteiger partial charge in [-0.1, -0.05) is 42.5 Å². The number of hydrogen-bond acceptors (Lipinski definition) is 11. The molecule has 0 saturated carbocycles. The Bertz CT molecular complexity index is 844. The summed E-state index contributed by atoms with van der Waals surface area (Å²) in [6.45, 7) is -0.670. The van der Waals surface area contributed by atoms with E-state index in [0.29, 0.717) is 5.75 Å². The van der Waals surface area contributed by atoms with E-state index in [2.05, 4.69) is 9.25 Å². The summed E-state index contributed by atoms with van der Waals surface area (Å²) in [6.07, 6.45) is -7.45. The first-order valence-corrected chi connectivity index (χ1v) is 10.4. The average molecular weight is 442 g/mol. The molecule has 2 aromatic carbocycles. The van der Waals surface area contributed by atoms with E-state index in [1.54, 1.807) is 12.1 Å². The van der Waals surface area contributed by atoms with Gasteiger partial charge >= 0.3 is 7.82 Å². The fourth-order valence-electron chi connectivity index (χ4n) is 2.99. The molecule has 7 N–H and O–H groups in total. The Morgan fingerprint density at radius 2 is 1.53 bits per heavy atom. The van der Waals surface area contributed by atoms with Crippen LogP contribution >= 0.6 is 7.82 Å². The van der Waals surface area contributed by atoms with Crippen LogP contribution in [0, 0.1) is 0 Å². The number of aliphatic hydroxyl groups excluding tert-OH is 3. The molecule has 1 saturated heterocycles. The monoisotopic (exact) mass is 442 g/mol. The molecule has 12 heteroatoms. The molecule has 1 heterocycles. The van der Waals surface area contributed by atoms with E-state index in [1.807, 2.05) is 42.5 Å². The minimum absolute atomic E-state index is 0.350. The van der Waals surface area contributed by atoms with Crippen molar-refractivity contribution in [2.75, 3.05) is 6.61 Å². The van der Waals surface area contributed by atoms with Gasteiger partial charge in [0.2, 0.25) is 6.29 Å². The fourth-order valence-corrected chi connectivity index (χ4v) is 3.70. The van der Waals surface area contributed by atoms with E-state index >= 15 is 0 Å². The first-order valence-electron chi connectivity index (χ1n) is 8.90. The summed E-state index contributed by atoms with van der Waals surface area (Å²) in [7, 11) is -4.43. The Kier molecular flexibility index (Phi) is 7.55. The average Bonchev–Trinajstić information content (AvgIpc) is 2.79. The largest absolute Gasteiger partial charge is 0.508 e. The zero-order valence-corrected chi connectivity index (χ0v) is 16.6. The van der Waals surface area contributed by atoms with Gasteiger partial charge in [0.1, 0.15) is 30.2 Å². The van der Waals surface area contributed by atoms with Gasteiger partial charge in [-0.15, -0.1) is 0 Å². The van der Waals surface area contributed by atoms with Gasteiger partial charge in [-0.2, -0.15) is 9.25 Å². The highest BCUT2D eigenvalue weighted by molar-refractivity contribution is 7.48. The number of rotatable bonds is 8. The first-order chi connectivity index (χ1) is 14.4. The molecule has 0 radical (unpaired) electrons. The lowest BCUT2D eigenvalue weighted by atomic mass is 9.99. The molecule has 0 unspecified atom stereocenters. The Hall–Kier alpha value is -1.89. The van der Waals surface area contributed by atoms with Crippen LogP contribution in [0.5, 0.6) is 5.75 Å². The van der Waals surface area contributed by atoms with Crippen LogP contribution in [0.2, 0.25) is 0 Å². The van der Waals surface area contributed by atoms with Crippen LogP contribution in [0.1, 0.15) is 0 Å². The number of benzene rings is 2. The second kappa shape index (κ2) is 9.94. The molecule has 0 aromatic heterocycles. The number of ether oxygens (including phenoxy) is 2. The van der Waals surface area contributed by atoms with Crippen LogP contribution in [0.15, 0.2) is 54.6 Å². The summed E-state index contributed by atoms with van der Waals surface area (Å²) in [5.41, 5.74) is 1.97. The van der Waals surface area contributed by atoms with E-state index in [4.69, 9.17) is 25.8 Å². The molecule has 0 spiro atoms. The lowest BCUT2D eigenvalue weighted by Crippen LogP contribution is -2.60. The smallest absolute Gasteiger partial charge is 0.462 e. The standard InChI is InChI=1S/C18H23N2O9P/c19-28-30(24,29-20)27-17-14(10-21)26-18(16(23)15(17)22)25-13-8-6-12(7-9-13)11-4-2-1-3-5-11/h1-9,14-18,21-23H,10,19-20H2/t14-,15-,16+,17-,18+/m1/s1. The van der Waals surface area contributed by atoms with Crippen molar-refractivity contribution in [2.24, 2.45) is 11.8 Å². The van der Waals surface area contributed by atoms with E-state index < -0.39 is 45.1 Å². The predicted molar refractivity (Wildman–Crippen MR) is 103 cm³/mol. The van der Waals surface area contributed by atoms with Gasteiger partial charge in [0.15, 0.2) is 0 Å². The van der Waals surface area contributed by atoms with Gasteiger partial charge in [-0.25, -0.2) is 16.4 Å². The van der Waals surface area contributed by atoms with Crippen LogP contribution in [-0.2, 0) is 23.1 Å². The van der Waals surface area contributed by atoms with Crippen molar-refractivity contribution in [1.82, 2.24) is 0 Å². The molecule has 0 bridgehead atoms. The maximum Gasteiger partial charge on any atom is 0.508 e. The van der Waals surface area contributed by atoms with E-state index in [-0.39, 0.29) is 0 Å². The van der Waals surface area contributed by atoms with Crippen molar-refractivity contribution >= 4 is 7.82 Å². The topological polar surface area (TPSA) is 176 Å². The highest BCUT2D eigenvalue weighted by Crippen LogP contribution is 2.49. The Morgan fingerprint density at radius 3 is 2.10 bits per heavy atom. The highest BCUT2D eigenvalue weighted by atomic mass is 31.2. The third-order valence-electron chi connectivity index (χ3n) is 4.54. The van der Waals surface area contributed by atoms with E-state index in [0.717, 1.165) is 11.1 Å². The molecule has 30 heavy (non-hydrogen) atoms. The minimum atomic E-state index is -4.43. The van der Waals surface area contributed by atoms with Crippen molar-refractivity contribution < 1.29 is 43.1 Å². The fraction of sp³-hybridized carbons (Fsp3) is 0.333. The Labute approximate surface area is 172 Å². The van der Waals surface area contributed by atoms with Gasteiger partial charge in [0.05, 0.1) is 6.61 Å². The summed E-state index contributed by atoms with van der Waals surface area (Å²) >= 11 is 0. The second-order valence-corrected chi connectivity index (χ2v) is 7.97.